The van der Waals surface area contributed by atoms with Crippen LogP contribution in [0, 0.1) is 0 Å². The van der Waals surface area contributed by atoms with Crippen molar-refractivity contribution in [3.8, 4) is 5.75 Å². The highest BCUT2D eigenvalue weighted by Gasteiger charge is 2.20. The molecule has 1 fully saturated rings. The van der Waals surface area contributed by atoms with Gasteiger partial charge < -0.3 is 25.6 Å². The summed E-state index contributed by atoms with van der Waals surface area (Å²) >= 11 is 1.80. The second-order valence-electron chi connectivity index (χ2n) is 7.11. The van der Waals surface area contributed by atoms with E-state index < -0.39 is 0 Å². The molecular weight excluding hydrogens is 525 g/mol. The third-order valence-electron chi connectivity index (χ3n) is 5.00. The SMILES string of the molecule is CCNC(=NCCNC(=O)c1cccc(OC)c1)NC1CCN(c2cccs2)CC1.I. The van der Waals surface area contributed by atoms with Gasteiger partial charge in [-0.2, -0.15) is 0 Å². The van der Waals surface area contributed by atoms with E-state index in [1.165, 1.54) is 5.00 Å². The van der Waals surface area contributed by atoms with Crippen LogP contribution >= 0.6 is 35.3 Å². The smallest absolute Gasteiger partial charge is 0.251 e. The van der Waals surface area contributed by atoms with Gasteiger partial charge in [0.1, 0.15) is 5.75 Å². The van der Waals surface area contributed by atoms with Gasteiger partial charge in [0.05, 0.1) is 18.7 Å². The van der Waals surface area contributed by atoms with Crippen LogP contribution in [0.25, 0.3) is 0 Å². The average Bonchev–Trinajstić information content (AvgIpc) is 3.32. The molecule has 1 amide bonds. The van der Waals surface area contributed by atoms with E-state index in [0.29, 0.717) is 30.4 Å². The third kappa shape index (κ3) is 7.88. The van der Waals surface area contributed by atoms with Crippen molar-refractivity contribution in [2.24, 2.45) is 4.99 Å². The van der Waals surface area contributed by atoms with Gasteiger partial charge in [-0.25, -0.2) is 0 Å². The zero-order chi connectivity index (χ0) is 21.2. The molecule has 0 saturated carbocycles. The maximum atomic E-state index is 12.3. The molecule has 0 bridgehead atoms. The highest BCUT2D eigenvalue weighted by molar-refractivity contribution is 14.0. The maximum absolute atomic E-state index is 12.3. The number of carbonyl (C=O) groups is 1. The number of nitrogens with one attached hydrogen (secondary N) is 3. The third-order valence-corrected chi connectivity index (χ3v) is 5.93. The van der Waals surface area contributed by atoms with Crippen LogP contribution in [0.2, 0.25) is 0 Å². The first-order chi connectivity index (χ1) is 14.7. The molecule has 0 atom stereocenters. The zero-order valence-corrected chi connectivity index (χ0v) is 21.2. The molecule has 1 aliphatic rings. The topological polar surface area (TPSA) is 78.0 Å². The second kappa shape index (κ2) is 13.4. The number of piperidine rings is 1. The van der Waals surface area contributed by atoms with Crippen LogP contribution in [0.5, 0.6) is 5.75 Å². The largest absolute Gasteiger partial charge is 0.497 e. The van der Waals surface area contributed by atoms with Crippen molar-refractivity contribution in [3.05, 3.63) is 47.3 Å². The summed E-state index contributed by atoms with van der Waals surface area (Å²) in [5.74, 6) is 1.36. The van der Waals surface area contributed by atoms with E-state index in [2.05, 4.69) is 50.3 Å². The molecule has 2 heterocycles. The Balaban J connectivity index is 0.00000341. The van der Waals surface area contributed by atoms with Crippen LogP contribution in [-0.2, 0) is 0 Å². The summed E-state index contributed by atoms with van der Waals surface area (Å²) in [5.41, 5.74) is 0.584. The average molecular weight is 558 g/mol. The number of carbonyl (C=O) groups excluding carboxylic acids is 1. The van der Waals surface area contributed by atoms with E-state index in [4.69, 9.17) is 4.74 Å². The lowest BCUT2D eigenvalue weighted by Gasteiger charge is -2.33. The lowest BCUT2D eigenvalue weighted by Crippen LogP contribution is -2.48. The molecule has 3 N–H and O–H groups in total. The first-order valence-electron chi connectivity index (χ1n) is 10.4. The minimum Gasteiger partial charge on any atom is -0.497 e. The second-order valence-corrected chi connectivity index (χ2v) is 8.03. The molecule has 9 heteroatoms. The molecule has 1 saturated heterocycles. The van der Waals surface area contributed by atoms with Crippen LogP contribution in [0.1, 0.15) is 30.1 Å². The van der Waals surface area contributed by atoms with Gasteiger partial charge in [0.25, 0.3) is 5.91 Å². The molecule has 170 valence electrons. The number of aliphatic imine (C=N–C) groups is 1. The normalized spacial score (nSPS) is 14.5. The monoisotopic (exact) mass is 557 g/mol. The van der Waals surface area contributed by atoms with Crippen molar-refractivity contribution in [1.29, 1.82) is 0 Å². The number of nitrogens with zero attached hydrogens (tertiary/aromatic N) is 2. The summed E-state index contributed by atoms with van der Waals surface area (Å²) in [6.07, 6.45) is 2.16. The Morgan fingerprint density at radius 2 is 2.03 bits per heavy atom. The summed E-state index contributed by atoms with van der Waals surface area (Å²) in [6, 6.07) is 11.8. The summed E-state index contributed by atoms with van der Waals surface area (Å²) in [4.78, 5) is 19.3. The van der Waals surface area contributed by atoms with Crippen LogP contribution in [-0.4, -0.2) is 57.7 Å². The number of halogens is 1. The maximum Gasteiger partial charge on any atom is 0.251 e. The molecular formula is C22H32IN5O2S. The Kier molecular flexibility index (Phi) is 10.9. The van der Waals surface area contributed by atoms with Crippen molar-refractivity contribution >= 4 is 52.2 Å². The van der Waals surface area contributed by atoms with Gasteiger partial charge in [0.15, 0.2) is 5.96 Å². The van der Waals surface area contributed by atoms with E-state index in [1.807, 2.05) is 12.1 Å². The lowest BCUT2D eigenvalue weighted by molar-refractivity contribution is 0.0954. The quantitative estimate of drug-likeness (QED) is 0.201. The number of methoxy groups -OCH3 is 1. The number of hydrogen-bond acceptors (Lipinski definition) is 5. The van der Waals surface area contributed by atoms with Crippen molar-refractivity contribution in [2.45, 2.75) is 25.8 Å². The standard InChI is InChI=1S/C22H31N5O2S.HI/c1-3-23-22(26-18-9-13-27(14-10-18)20-8-5-15-30-20)25-12-11-24-21(28)17-6-4-7-19(16-17)29-2;/h4-8,15-16,18H,3,9-14H2,1-2H3,(H,24,28)(H2,23,25,26);1H. The number of guanidine groups is 1. The zero-order valence-electron chi connectivity index (χ0n) is 18.1. The number of amides is 1. The fraction of sp³-hybridized carbons (Fsp3) is 0.455. The molecule has 0 radical (unpaired) electrons. The Labute approximate surface area is 205 Å². The fourth-order valence-corrected chi connectivity index (χ4v) is 4.20. The van der Waals surface area contributed by atoms with Crippen LogP contribution in [0.15, 0.2) is 46.8 Å². The Morgan fingerprint density at radius 3 is 2.71 bits per heavy atom. The molecule has 0 unspecified atom stereocenters. The van der Waals surface area contributed by atoms with Crippen LogP contribution in [0.3, 0.4) is 0 Å². The summed E-state index contributed by atoms with van der Waals surface area (Å²) in [5, 5.41) is 13.2. The van der Waals surface area contributed by atoms with Gasteiger partial charge >= 0.3 is 0 Å². The molecule has 31 heavy (non-hydrogen) atoms. The number of rotatable bonds is 8. The molecule has 0 spiro atoms. The van der Waals surface area contributed by atoms with Crippen molar-refractivity contribution in [3.63, 3.8) is 0 Å². The number of benzene rings is 1. The first kappa shape index (κ1) is 25.3. The highest BCUT2D eigenvalue weighted by Crippen LogP contribution is 2.24. The highest BCUT2D eigenvalue weighted by atomic mass is 127. The van der Waals surface area contributed by atoms with Gasteiger partial charge in [0.2, 0.25) is 0 Å². The van der Waals surface area contributed by atoms with E-state index in [1.54, 1.807) is 30.6 Å². The fourth-order valence-electron chi connectivity index (χ4n) is 3.41. The van der Waals surface area contributed by atoms with E-state index in [0.717, 1.165) is 38.4 Å². The summed E-state index contributed by atoms with van der Waals surface area (Å²) in [6.45, 7) is 5.95. The lowest BCUT2D eigenvalue weighted by atomic mass is 10.1. The van der Waals surface area contributed by atoms with Gasteiger partial charge in [0, 0.05) is 37.8 Å². The number of hydrogen-bond donors (Lipinski definition) is 3. The molecule has 7 nitrogen and oxygen atoms in total. The van der Waals surface area contributed by atoms with Gasteiger partial charge in [-0.3, -0.25) is 9.79 Å². The van der Waals surface area contributed by atoms with Gasteiger partial charge in [-0.1, -0.05) is 6.07 Å². The molecule has 3 rings (SSSR count). The number of ether oxygens (including phenoxy) is 1. The molecule has 0 aliphatic carbocycles. The van der Waals surface area contributed by atoms with E-state index >= 15 is 0 Å². The minimum atomic E-state index is -0.122. The molecule has 1 aromatic carbocycles. The Hall–Kier alpha value is -2.01. The van der Waals surface area contributed by atoms with Gasteiger partial charge in [-0.05, 0) is 55.5 Å². The molecule has 1 aliphatic heterocycles. The van der Waals surface area contributed by atoms with Crippen molar-refractivity contribution in [1.82, 2.24) is 16.0 Å². The van der Waals surface area contributed by atoms with E-state index in [-0.39, 0.29) is 29.9 Å². The number of anilines is 1. The van der Waals surface area contributed by atoms with Crippen LogP contribution in [0.4, 0.5) is 5.00 Å². The van der Waals surface area contributed by atoms with E-state index in [9.17, 15) is 4.79 Å². The summed E-state index contributed by atoms with van der Waals surface area (Å²) < 4.78 is 5.17. The van der Waals surface area contributed by atoms with Crippen molar-refractivity contribution < 1.29 is 9.53 Å². The Morgan fingerprint density at radius 1 is 1.23 bits per heavy atom. The van der Waals surface area contributed by atoms with Gasteiger partial charge in [-0.15, -0.1) is 35.3 Å². The summed E-state index contributed by atoms with van der Waals surface area (Å²) in [7, 11) is 1.59. The van der Waals surface area contributed by atoms with Crippen LogP contribution < -0.4 is 25.6 Å². The molecule has 2 aromatic rings. The Bertz CT molecular complexity index is 823. The predicted molar refractivity (Wildman–Crippen MR) is 139 cm³/mol. The number of thiophene rings is 1. The minimum absolute atomic E-state index is 0. The van der Waals surface area contributed by atoms with Crippen molar-refractivity contribution in [2.75, 3.05) is 44.7 Å². The first-order valence-corrected chi connectivity index (χ1v) is 11.3. The molecule has 1 aromatic heterocycles. The predicted octanol–water partition coefficient (Wildman–Crippen LogP) is 3.33.